The number of hydrogen-bond donors (Lipinski definition) is 2. The number of aromatic hydroxyl groups is 1. The standard InChI is InChI=1S/C13H10BrClN2O2/c1-7-10(3-5-12(15)16-7)17-13(19)9-6-8(14)2-4-11(9)18/h2-6,18H,1H3,(H,17,19). The highest BCUT2D eigenvalue weighted by Gasteiger charge is 2.13. The molecule has 2 N–H and O–H groups in total. The van der Waals surface area contributed by atoms with Crippen LogP contribution in [0, 0.1) is 6.92 Å². The number of aromatic nitrogens is 1. The Morgan fingerprint density at radius 2 is 2.11 bits per heavy atom. The lowest BCUT2D eigenvalue weighted by atomic mass is 10.2. The van der Waals surface area contributed by atoms with Gasteiger partial charge in [0, 0.05) is 4.47 Å². The van der Waals surface area contributed by atoms with Gasteiger partial charge in [0.05, 0.1) is 16.9 Å². The predicted octanol–water partition coefficient (Wildman–Crippen LogP) is 3.76. The average molecular weight is 342 g/mol. The Morgan fingerprint density at radius 3 is 2.79 bits per heavy atom. The summed E-state index contributed by atoms with van der Waals surface area (Å²) in [5, 5.41) is 12.7. The van der Waals surface area contributed by atoms with Crippen LogP contribution in [0.25, 0.3) is 0 Å². The summed E-state index contributed by atoms with van der Waals surface area (Å²) in [4.78, 5) is 16.1. The second-order valence-electron chi connectivity index (χ2n) is 3.88. The zero-order valence-electron chi connectivity index (χ0n) is 9.95. The van der Waals surface area contributed by atoms with Crippen LogP contribution >= 0.6 is 27.5 Å². The summed E-state index contributed by atoms with van der Waals surface area (Å²) in [7, 11) is 0. The molecule has 19 heavy (non-hydrogen) atoms. The van der Waals surface area contributed by atoms with Crippen LogP contribution in [0.1, 0.15) is 16.1 Å². The Morgan fingerprint density at radius 1 is 1.37 bits per heavy atom. The van der Waals surface area contributed by atoms with Crippen molar-refractivity contribution in [3.63, 3.8) is 0 Å². The molecule has 1 amide bonds. The number of phenolic OH excluding ortho intramolecular Hbond substituents is 1. The van der Waals surface area contributed by atoms with Gasteiger partial charge in [-0.15, -0.1) is 0 Å². The SMILES string of the molecule is Cc1nc(Cl)ccc1NC(=O)c1cc(Br)ccc1O. The molecule has 98 valence electrons. The highest BCUT2D eigenvalue weighted by Crippen LogP contribution is 2.24. The molecule has 2 rings (SSSR count). The smallest absolute Gasteiger partial charge is 0.259 e. The van der Waals surface area contributed by atoms with Gasteiger partial charge < -0.3 is 10.4 Å². The van der Waals surface area contributed by atoms with Crippen molar-refractivity contribution in [2.45, 2.75) is 6.92 Å². The molecule has 4 nitrogen and oxygen atoms in total. The van der Waals surface area contributed by atoms with Crippen LogP contribution in [-0.2, 0) is 0 Å². The van der Waals surface area contributed by atoms with Gasteiger partial charge >= 0.3 is 0 Å². The molecule has 1 aromatic carbocycles. The van der Waals surface area contributed by atoms with Crippen LogP contribution in [0.2, 0.25) is 5.15 Å². The van der Waals surface area contributed by atoms with Crippen molar-refractivity contribution in [1.29, 1.82) is 0 Å². The highest BCUT2D eigenvalue weighted by atomic mass is 79.9. The van der Waals surface area contributed by atoms with Gasteiger partial charge in [0.15, 0.2) is 0 Å². The molecule has 0 fully saturated rings. The number of benzene rings is 1. The topological polar surface area (TPSA) is 62.2 Å². The Labute approximate surface area is 123 Å². The molecule has 0 spiro atoms. The minimum Gasteiger partial charge on any atom is -0.507 e. The molecule has 0 saturated heterocycles. The van der Waals surface area contributed by atoms with Crippen LogP contribution in [0.4, 0.5) is 5.69 Å². The molecule has 0 aliphatic rings. The maximum atomic E-state index is 12.1. The number of amides is 1. The number of nitrogens with zero attached hydrogens (tertiary/aromatic N) is 1. The van der Waals surface area contributed by atoms with E-state index in [-0.39, 0.29) is 11.3 Å². The number of pyridine rings is 1. The summed E-state index contributed by atoms with van der Waals surface area (Å²) in [5.74, 6) is -0.494. The van der Waals surface area contributed by atoms with Crippen molar-refractivity contribution in [3.05, 3.63) is 51.2 Å². The maximum absolute atomic E-state index is 12.1. The second-order valence-corrected chi connectivity index (χ2v) is 5.19. The molecule has 0 aliphatic carbocycles. The number of anilines is 1. The van der Waals surface area contributed by atoms with Gasteiger partial charge in [-0.05, 0) is 37.3 Å². The second kappa shape index (κ2) is 5.59. The van der Waals surface area contributed by atoms with Gasteiger partial charge in [0.2, 0.25) is 0 Å². The number of phenols is 1. The van der Waals surface area contributed by atoms with Gasteiger partial charge in [0.1, 0.15) is 10.9 Å². The third-order valence-electron chi connectivity index (χ3n) is 2.50. The number of carbonyl (C=O) groups excluding carboxylic acids is 1. The molecular weight excluding hydrogens is 332 g/mol. The Balaban J connectivity index is 2.28. The molecule has 0 bridgehead atoms. The summed E-state index contributed by atoms with van der Waals surface area (Å²) in [6, 6.07) is 7.90. The van der Waals surface area contributed by atoms with Crippen molar-refractivity contribution in [2.75, 3.05) is 5.32 Å². The summed E-state index contributed by atoms with van der Waals surface area (Å²) in [6.07, 6.45) is 0. The van der Waals surface area contributed by atoms with Crippen LogP contribution in [-0.4, -0.2) is 16.0 Å². The largest absolute Gasteiger partial charge is 0.507 e. The fourth-order valence-electron chi connectivity index (χ4n) is 1.54. The third kappa shape index (κ3) is 3.24. The molecule has 0 radical (unpaired) electrons. The molecule has 6 heteroatoms. The summed E-state index contributed by atoms with van der Waals surface area (Å²) in [5.41, 5.74) is 1.34. The first-order valence-electron chi connectivity index (χ1n) is 5.40. The number of nitrogens with one attached hydrogen (secondary N) is 1. The van der Waals surface area contributed by atoms with Crippen molar-refractivity contribution >= 4 is 39.1 Å². The van der Waals surface area contributed by atoms with E-state index in [4.69, 9.17) is 11.6 Å². The van der Waals surface area contributed by atoms with E-state index >= 15 is 0 Å². The average Bonchev–Trinajstić information content (AvgIpc) is 2.35. The van der Waals surface area contributed by atoms with Gasteiger partial charge in [-0.25, -0.2) is 4.98 Å². The number of hydrogen-bond acceptors (Lipinski definition) is 3. The van der Waals surface area contributed by atoms with Gasteiger partial charge in [-0.2, -0.15) is 0 Å². The predicted molar refractivity (Wildman–Crippen MR) is 77.7 cm³/mol. The van der Waals surface area contributed by atoms with E-state index in [0.29, 0.717) is 21.0 Å². The van der Waals surface area contributed by atoms with E-state index in [1.807, 2.05) is 0 Å². The minimum atomic E-state index is -0.411. The van der Waals surface area contributed by atoms with Crippen molar-refractivity contribution < 1.29 is 9.90 Å². The normalized spacial score (nSPS) is 10.3. The third-order valence-corrected chi connectivity index (χ3v) is 3.21. The Kier molecular flexibility index (Phi) is 4.07. The van der Waals surface area contributed by atoms with E-state index < -0.39 is 5.91 Å². The molecule has 1 heterocycles. The Hall–Kier alpha value is -1.59. The molecule has 0 saturated carbocycles. The lowest BCUT2D eigenvalue weighted by Gasteiger charge is -2.09. The van der Waals surface area contributed by atoms with Crippen LogP contribution in [0.3, 0.4) is 0 Å². The molecule has 0 unspecified atom stereocenters. The van der Waals surface area contributed by atoms with Crippen LogP contribution in [0.5, 0.6) is 5.75 Å². The Bertz CT molecular complexity index is 647. The quantitative estimate of drug-likeness (QED) is 0.818. The van der Waals surface area contributed by atoms with E-state index in [1.165, 1.54) is 6.07 Å². The van der Waals surface area contributed by atoms with Crippen molar-refractivity contribution in [3.8, 4) is 5.75 Å². The molecule has 1 aromatic heterocycles. The van der Waals surface area contributed by atoms with Crippen LogP contribution in [0.15, 0.2) is 34.8 Å². The zero-order chi connectivity index (χ0) is 14.0. The number of carbonyl (C=O) groups is 1. The van der Waals surface area contributed by atoms with Crippen molar-refractivity contribution in [1.82, 2.24) is 4.98 Å². The summed E-state index contributed by atoms with van der Waals surface area (Å²) in [6.45, 7) is 1.74. The molecule has 0 aliphatic heterocycles. The molecular formula is C13H10BrClN2O2. The maximum Gasteiger partial charge on any atom is 0.259 e. The number of rotatable bonds is 2. The van der Waals surface area contributed by atoms with E-state index in [0.717, 1.165) is 0 Å². The fourth-order valence-corrected chi connectivity index (χ4v) is 2.09. The zero-order valence-corrected chi connectivity index (χ0v) is 12.3. The van der Waals surface area contributed by atoms with Gasteiger partial charge in [-0.1, -0.05) is 27.5 Å². The highest BCUT2D eigenvalue weighted by molar-refractivity contribution is 9.10. The summed E-state index contributed by atoms with van der Waals surface area (Å²) < 4.78 is 0.710. The number of aryl methyl sites for hydroxylation is 1. The fraction of sp³-hybridized carbons (Fsp3) is 0.0769. The van der Waals surface area contributed by atoms with Gasteiger partial charge in [0.25, 0.3) is 5.91 Å². The van der Waals surface area contributed by atoms with E-state index in [9.17, 15) is 9.90 Å². The molecule has 2 aromatic rings. The first-order valence-corrected chi connectivity index (χ1v) is 6.57. The van der Waals surface area contributed by atoms with E-state index in [2.05, 4.69) is 26.2 Å². The monoisotopic (exact) mass is 340 g/mol. The minimum absolute atomic E-state index is 0.0831. The number of halogens is 2. The lowest BCUT2D eigenvalue weighted by molar-refractivity contribution is 0.102. The van der Waals surface area contributed by atoms with Gasteiger partial charge in [-0.3, -0.25) is 4.79 Å². The first kappa shape index (κ1) is 13.8. The first-order chi connectivity index (χ1) is 8.97. The van der Waals surface area contributed by atoms with Crippen LogP contribution < -0.4 is 5.32 Å². The summed E-state index contributed by atoms with van der Waals surface area (Å²) >= 11 is 9.00. The van der Waals surface area contributed by atoms with Crippen molar-refractivity contribution in [2.24, 2.45) is 0 Å². The lowest BCUT2D eigenvalue weighted by Crippen LogP contribution is -2.13. The van der Waals surface area contributed by atoms with E-state index in [1.54, 1.807) is 31.2 Å². The molecule has 0 atom stereocenters.